The van der Waals surface area contributed by atoms with Gasteiger partial charge in [0, 0.05) is 13.0 Å². The molecular formula is C12H19N3O2. The first-order valence-corrected chi connectivity index (χ1v) is 5.61. The fraction of sp³-hybridized carbons (Fsp3) is 0.417. The van der Waals surface area contributed by atoms with Crippen LogP contribution in [-0.4, -0.2) is 24.7 Å². The molecule has 0 heterocycles. The summed E-state index contributed by atoms with van der Waals surface area (Å²) < 4.78 is 5.22. The van der Waals surface area contributed by atoms with E-state index in [-0.39, 0.29) is 5.84 Å². The predicted octanol–water partition coefficient (Wildman–Crippen LogP) is 2.02. The Morgan fingerprint density at radius 2 is 2.18 bits per heavy atom. The van der Waals surface area contributed by atoms with Crippen LogP contribution in [0.2, 0.25) is 0 Å². The quantitative estimate of drug-likeness (QED) is 0.223. The summed E-state index contributed by atoms with van der Waals surface area (Å²) in [4.78, 5) is 0. The lowest BCUT2D eigenvalue weighted by Gasteiger charge is -2.10. The number of ether oxygens (including phenoxy) is 1. The number of rotatable bonds is 7. The average molecular weight is 237 g/mol. The number of amidine groups is 1. The van der Waals surface area contributed by atoms with E-state index in [1.165, 1.54) is 0 Å². The van der Waals surface area contributed by atoms with Crippen molar-refractivity contribution in [3.63, 3.8) is 0 Å². The molecular weight excluding hydrogens is 218 g/mol. The minimum atomic E-state index is 0.280. The van der Waals surface area contributed by atoms with E-state index in [9.17, 15) is 0 Å². The van der Waals surface area contributed by atoms with Gasteiger partial charge in [-0.2, -0.15) is 0 Å². The summed E-state index contributed by atoms with van der Waals surface area (Å²) in [7, 11) is 1.65. The smallest absolute Gasteiger partial charge is 0.141 e. The highest BCUT2D eigenvalue weighted by atomic mass is 16.5. The first-order valence-electron chi connectivity index (χ1n) is 5.61. The molecule has 1 aromatic rings. The van der Waals surface area contributed by atoms with Crippen LogP contribution in [-0.2, 0) is 0 Å². The SMILES string of the molecule is COc1ccccc1NCCCCC(N)=NO. The van der Waals surface area contributed by atoms with Gasteiger partial charge < -0.3 is 21.0 Å². The van der Waals surface area contributed by atoms with Crippen LogP contribution in [0.5, 0.6) is 5.75 Å². The Morgan fingerprint density at radius 3 is 2.88 bits per heavy atom. The lowest BCUT2D eigenvalue weighted by Crippen LogP contribution is -2.12. The van der Waals surface area contributed by atoms with E-state index in [2.05, 4.69) is 10.5 Å². The Labute approximate surface area is 101 Å². The van der Waals surface area contributed by atoms with Crippen molar-refractivity contribution in [2.45, 2.75) is 19.3 Å². The van der Waals surface area contributed by atoms with Crippen molar-refractivity contribution < 1.29 is 9.94 Å². The molecule has 0 aliphatic heterocycles. The molecule has 0 fully saturated rings. The fourth-order valence-corrected chi connectivity index (χ4v) is 1.49. The summed E-state index contributed by atoms with van der Waals surface area (Å²) in [5.74, 6) is 1.12. The molecule has 1 rings (SSSR count). The van der Waals surface area contributed by atoms with Crippen molar-refractivity contribution in [2.24, 2.45) is 10.9 Å². The van der Waals surface area contributed by atoms with Gasteiger partial charge in [-0.1, -0.05) is 17.3 Å². The molecule has 0 radical (unpaired) electrons. The molecule has 0 atom stereocenters. The number of benzene rings is 1. The van der Waals surface area contributed by atoms with E-state index in [0.29, 0.717) is 6.42 Å². The highest BCUT2D eigenvalue weighted by Crippen LogP contribution is 2.22. The first-order chi connectivity index (χ1) is 8.27. The summed E-state index contributed by atoms with van der Waals surface area (Å²) in [5.41, 5.74) is 6.36. The normalized spacial score (nSPS) is 11.2. The number of hydrogen-bond donors (Lipinski definition) is 3. The van der Waals surface area contributed by atoms with Crippen LogP contribution in [0, 0.1) is 0 Å². The molecule has 94 valence electrons. The minimum Gasteiger partial charge on any atom is -0.495 e. The van der Waals surface area contributed by atoms with E-state index < -0.39 is 0 Å². The number of methoxy groups -OCH3 is 1. The maximum Gasteiger partial charge on any atom is 0.141 e. The molecule has 0 spiro atoms. The van der Waals surface area contributed by atoms with E-state index in [1.807, 2.05) is 24.3 Å². The van der Waals surface area contributed by atoms with Gasteiger partial charge in [-0.15, -0.1) is 0 Å². The van der Waals surface area contributed by atoms with Gasteiger partial charge in [0.15, 0.2) is 0 Å². The number of hydrogen-bond acceptors (Lipinski definition) is 4. The van der Waals surface area contributed by atoms with Crippen molar-refractivity contribution in [1.29, 1.82) is 0 Å². The number of nitrogens with two attached hydrogens (primary N) is 1. The molecule has 0 amide bonds. The zero-order valence-corrected chi connectivity index (χ0v) is 10.0. The molecule has 1 aromatic carbocycles. The van der Waals surface area contributed by atoms with Crippen LogP contribution in [0.25, 0.3) is 0 Å². The van der Waals surface area contributed by atoms with Gasteiger partial charge in [-0.05, 0) is 25.0 Å². The van der Waals surface area contributed by atoms with Crippen molar-refractivity contribution in [3.05, 3.63) is 24.3 Å². The van der Waals surface area contributed by atoms with Crippen LogP contribution in [0.3, 0.4) is 0 Å². The molecule has 0 unspecified atom stereocenters. The third-order valence-corrected chi connectivity index (χ3v) is 2.41. The van der Waals surface area contributed by atoms with Gasteiger partial charge in [0.1, 0.15) is 11.6 Å². The number of nitrogens with zero attached hydrogens (tertiary/aromatic N) is 1. The first kappa shape index (κ1) is 13.2. The summed E-state index contributed by atoms with van der Waals surface area (Å²) in [6.45, 7) is 0.832. The predicted molar refractivity (Wildman–Crippen MR) is 68.7 cm³/mol. The molecule has 0 aromatic heterocycles. The Balaban J connectivity index is 2.26. The Hall–Kier alpha value is -1.91. The summed E-state index contributed by atoms with van der Waals surface area (Å²) in [6, 6.07) is 7.78. The third-order valence-electron chi connectivity index (χ3n) is 2.41. The second-order valence-electron chi connectivity index (χ2n) is 3.68. The maximum atomic E-state index is 8.37. The van der Waals surface area contributed by atoms with Gasteiger partial charge in [-0.25, -0.2) is 0 Å². The zero-order chi connectivity index (χ0) is 12.5. The van der Waals surface area contributed by atoms with Gasteiger partial charge in [0.05, 0.1) is 12.8 Å². The Morgan fingerprint density at radius 1 is 1.41 bits per heavy atom. The average Bonchev–Trinajstić information content (AvgIpc) is 2.38. The second kappa shape index (κ2) is 7.38. The number of oxime groups is 1. The van der Waals surface area contributed by atoms with Gasteiger partial charge in [0.25, 0.3) is 0 Å². The molecule has 0 saturated carbocycles. The van der Waals surface area contributed by atoms with E-state index in [1.54, 1.807) is 7.11 Å². The van der Waals surface area contributed by atoms with Crippen molar-refractivity contribution >= 4 is 11.5 Å². The number of unbranched alkanes of at least 4 members (excludes halogenated alkanes) is 1. The molecule has 4 N–H and O–H groups in total. The molecule has 0 aliphatic carbocycles. The molecule has 0 bridgehead atoms. The number of nitrogens with one attached hydrogen (secondary N) is 1. The number of anilines is 1. The Kier molecular flexibility index (Phi) is 5.71. The molecule has 17 heavy (non-hydrogen) atoms. The van der Waals surface area contributed by atoms with E-state index >= 15 is 0 Å². The highest BCUT2D eigenvalue weighted by molar-refractivity contribution is 5.79. The monoisotopic (exact) mass is 237 g/mol. The maximum absolute atomic E-state index is 8.37. The van der Waals surface area contributed by atoms with Crippen molar-refractivity contribution in [1.82, 2.24) is 0 Å². The van der Waals surface area contributed by atoms with E-state index in [0.717, 1.165) is 30.8 Å². The third kappa shape index (κ3) is 4.63. The van der Waals surface area contributed by atoms with Crippen LogP contribution < -0.4 is 15.8 Å². The van der Waals surface area contributed by atoms with Crippen LogP contribution in [0.15, 0.2) is 29.4 Å². The molecule has 0 saturated heterocycles. The summed E-state index contributed by atoms with van der Waals surface area (Å²) in [5, 5.41) is 14.6. The summed E-state index contributed by atoms with van der Waals surface area (Å²) >= 11 is 0. The second-order valence-corrected chi connectivity index (χ2v) is 3.68. The van der Waals surface area contributed by atoms with Gasteiger partial charge in [0.2, 0.25) is 0 Å². The van der Waals surface area contributed by atoms with E-state index in [4.69, 9.17) is 15.7 Å². The standard InChI is InChI=1S/C12H19N3O2/c1-17-11-7-3-2-6-10(11)14-9-5-4-8-12(13)15-16/h2-3,6-7,14,16H,4-5,8-9H2,1H3,(H2,13,15). The zero-order valence-electron chi connectivity index (χ0n) is 10.0. The van der Waals surface area contributed by atoms with Crippen molar-refractivity contribution in [3.8, 4) is 5.75 Å². The lowest BCUT2D eigenvalue weighted by molar-refractivity contribution is 0.316. The van der Waals surface area contributed by atoms with Crippen LogP contribution >= 0.6 is 0 Å². The van der Waals surface area contributed by atoms with Gasteiger partial charge in [-0.3, -0.25) is 0 Å². The topological polar surface area (TPSA) is 79.9 Å². The minimum absolute atomic E-state index is 0.280. The van der Waals surface area contributed by atoms with Crippen molar-refractivity contribution in [2.75, 3.05) is 19.0 Å². The fourth-order valence-electron chi connectivity index (χ4n) is 1.49. The number of para-hydroxylation sites is 2. The molecule has 5 heteroatoms. The highest BCUT2D eigenvalue weighted by Gasteiger charge is 2.00. The summed E-state index contributed by atoms with van der Waals surface area (Å²) in [6.07, 6.45) is 2.45. The van der Waals surface area contributed by atoms with Gasteiger partial charge >= 0.3 is 0 Å². The molecule has 0 aliphatic rings. The largest absolute Gasteiger partial charge is 0.495 e. The Bertz CT molecular complexity index is 367. The van der Waals surface area contributed by atoms with Crippen LogP contribution in [0.4, 0.5) is 5.69 Å². The lowest BCUT2D eigenvalue weighted by atomic mass is 10.2. The van der Waals surface area contributed by atoms with Crippen LogP contribution in [0.1, 0.15) is 19.3 Å². The molecule has 5 nitrogen and oxygen atoms in total.